The fourth-order valence-corrected chi connectivity index (χ4v) is 4.16. The van der Waals surface area contributed by atoms with Crippen molar-refractivity contribution in [3.8, 4) is 0 Å². The van der Waals surface area contributed by atoms with Crippen LogP contribution in [-0.2, 0) is 0 Å². The summed E-state index contributed by atoms with van der Waals surface area (Å²) in [5.41, 5.74) is 6.54. The molecular weight excluding hydrogens is 266 g/mol. The Balaban J connectivity index is 2.76. The van der Waals surface area contributed by atoms with Crippen molar-refractivity contribution in [2.45, 2.75) is 4.21 Å². The number of halogens is 1. The van der Waals surface area contributed by atoms with Gasteiger partial charge in [0, 0.05) is 20.2 Å². The molecule has 0 spiro atoms. The van der Waals surface area contributed by atoms with E-state index in [2.05, 4.69) is 28.3 Å². The van der Waals surface area contributed by atoms with E-state index in [-0.39, 0.29) is 0 Å². The number of fused-ring (bicyclic) bond motifs is 1. The fraction of sp³-hybridized carbons (Fsp3) is 0.111. The van der Waals surface area contributed by atoms with Gasteiger partial charge in [-0.05, 0) is 34.3 Å². The minimum Gasteiger partial charge on any atom is -0.399 e. The minimum absolute atomic E-state index is 0.828. The molecule has 0 amide bonds. The molecule has 0 aliphatic heterocycles. The third kappa shape index (κ3) is 1.58. The molecule has 0 aliphatic carbocycles. The molecule has 0 radical (unpaired) electrons. The van der Waals surface area contributed by atoms with Crippen molar-refractivity contribution in [2.24, 2.45) is 0 Å². The Hall–Kier alpha value is -0.190. The molecule has 0 atom stereocenters. The Morgan fingerprint density at radius 1 is 1.46 bits per heavy atom. The van der Waals surface area contributed by atoms with Crippen molar-refractivity contribution >= 4 is 54.8 Å². The molecule has 0 saturated carbocycles. The lowest BCUT2D eigenvalue weighted by Gasteiger charge is -1.92. The number of rotatable bonds is 1. The van der Waals surface area contributed by atoms with Crippen LogP contribution in [-0.4, -0.2) is 6.26 Å². The third-order valence-corrected chi connectivity index (χ3v) is 5.43. The van der Waals surface area contributed by atoms with Crippen LogP contribution in [0.3, 0.4) is 0 Å². The zero-order chi connectivity index (χ0) is 9.42. The molecule has 0 fully saturated rings. The molecule has 0 saturated heterocycles. The summed E-state index contributed by atoms with van der Waals surface area (Å²) in [5, 5.41) is 1.25. The number of nitrogen functional groups attached to an aromatic ring is 1. The van der Waals surface area contributed by atoms with E-state index in [4.69, 9.17) is 5.73 Å². The maximum absolute atomic E-state index is 5.71. The van der Waals surface area contributed by atoms with Gasteiger partial charge in [0.25, 0.3) is 0 Å². The van der Waals surface area contributed by atoms with Gasteiger partial charge in [-0.2, -0.15) is 0 Å². The average Bonchev–Trinajstić information content (AvgIpc) is 2.42. The Labute approximate surface area is 93.4 Å². The van der Waals surface area contributed by atoms with Crippen LogP contribution in [0.5, 0.6) is 0 Å². The van der Waals surface area contributed by atoms with E-state index in [0.29, 0.717) is 0 Å². The van der Waals surface area contributed by atoms with Crippen molar-refractivity contribution in [3.05, 3.63) is 22.7 Å². The molecule has 68 valence electrons. The van der Waals surface area contributed by atoms with Gasteiger partial charge in [0.2, 0.25) is 0 Å². The van der Waals surface area contributed by atoms with E-state index < -0.39 is 0 Å². The molecular formula is C9H8BrNS2. The van der Waals surface area contributed by atoms with Crippen molar-refractivity contribution in [2.75, 3.05) is 12.0 Å². The van der Waals surface area contributed by atoms with Gasteiger partial charge >= 0.3 is 0 Å². The van der Waals surface area contributed by atoms with Crippen molar-refractivity contribution in [1.82, 2.24) is 0 Å². The molecule has 1 aromatic carbocycles. The summed E-state index contributed by atoms with van der Waals surface area (Å²) in [7, 11) is 0. The Kier molecular flexibility index (Phi) is 2.53. The molecule has 4 heteroatoms. The lowest BCUT2D eigenvalue weighted by molar-refractivity contribution is 1.68. The smallest absolute Gasteiger partial charge is 0.0751 e. The van der Waals surface area contributed by atoms with E-state index in [1.807, 2.05) is 12.1 Å². The SMILES string of the molecule is CSc1sc2cc(N)ccc2c1Br. The fourth-order valence-electron chi connectivity index (χ4n) is 1.19. The third-order valence-electron chi connectivity index (χ3n) is 1.81. The zero-order valence-electron chi connectivity index (χ0n) is 7.00. The van der Waals surface area contributed by atoms with Gasteiger partial charge in [-0.1, -0.05) is 6.07 Å². The predicted octanol–water partition coefficient (Wildman–Crippen LogP) is 3.97. The number of thiophene rings is 1. The van der Waals surface area contributed by atoms with Crippen LogP contribution < -0.4 is 5.73 Å². The highest BCUT2D eigenvalue weighted by atomic mass is 79.9. The number of benzene rings is 1. The molecule has 2 aromatic rings. The van der Waals surface area contributed by atoms with E-state index >= 15 is 0 Å². The average molecular weight is 274 g/mol. The molecule has 1 heterocycles. The minimum atomic E-state index is 0.828. The maximum atomic E-state index is 5.71. The van der Waals surface area contributed by atoms with Gasteiger partial charge in [0.05, 0.1) is 4.21 Å². The van der Waals surface area contributed by atoms with Crippen LogP contribution in [0, 0.1) is 0 Å². The van der Waals surface area contributed by atoms with E-state index in [1.54, 1.807) is 23.1 Å². The van der Waals surface area contributed by atoms with Gasteiger partial charge in [-0.25, -0.2) is 0 Å². The second-order valence-corrected chi connectivity index (χ2v) is 5.58. The molecule has 1 nitrogen and oxygen atoms in total. The van der Waals surface area contributed by atoms with Crippen molar-refractivity contribution < 1.29 is 0 Å². The summed E-state index contributed by atoms with van der Waals surface area (Å²) in [5.74, 6) is 0. The van der Waals surface area contributed by atoms with Gasteiger partial charge in [0.1, 0.15) is 0 Å². The number of hydrogen-bond donors (Lipinski definition) is 1. The first-order valence-electron chi connectivity index (χ1n) is 3.74. The second-order valence-electron chi connectivity index (χ2n) is 2.66. The topological polar surface area (TPSA) is 26.0 Å². The molecule has 2 rings (SSSR count). The van der Waals surface area contributed by atoms with Crippen LogP contribution in [0.15, 0.2) is 26.9 Å². The molecule has 0 unspecified atom stereocenters. The highest BCUT2D eigenvalue weighted by molar-refractivity contribution is 9.10. The monoisotopic (exact) mass is 273 g/mol. The van der Waals surface area contributed by atoms with Crippen molar-refractivity contribution in [1.29, 1.82) is 0 Å². The molecule has 13 heavy (non-hydrogen) atoms. The van der Waals surface area contributed by atoms with Crippen LogP contribution in [0.1, 0.15) is 0 Å². The summed E-state index contributed by atoms with van der Waals surface area (Å²) >= 11 is 7.12. The van der Waals surface area contributed by atoms with Crippen LogP contribution in [0.4, 0.5) is 5.69 Å². The number of nitrogens with two attached hydrogens (primary N) is 1. The predicted molar refractivity (Wildman–Crippen MR) is 65.7 cm³/mol. The Bertz CT molecular complexity index is 450. The van der Waals surface area contributed by atoms with Crippen LogP contribution in [0.2, 0.25) is 0 Å². The lowest BCUT2D eigenvalue weighted by atomic mass is 10.2. The number of anilines is 1. The summed E-state index contributed by atoms with van der Waals surface area (Å²) in [6.45, 7) is 0. The Morgan fingerprint density at radius 3 is 2.92 bits per heavy atom. The second kappa shape index (κ2) is 3.52. The highest BCUT2D eigenvalue weighted by Gasteiger charge is 2.08. The molecule has 0 bridgehead atoms. The summed E-state index contributed by atoms with van der Waals surface area (Å²) in [6.07, 6.45) is 2.08. The number of thioether (sulfide) groups is 1. The standard InChI is InChI=1S/C9H8BrNS2/c1-12-9-8(10)6-3-2-5(11)4-7(6)13-9/h2-4H,11H2,1H3. The summed E-state index contributed by atoms with van der Waals surface area (Å²) in [4.78, 5) is 0. The first kappa shape index (κ1) is 9.37. The zero-order valence-corrected chi connectivity index (χ0v) is 10.2. The first-order valence-corrected chi connectivity index (χ1v) is 6.57. The maximum Gasteiger partial charge on any atom is 0.0751 e. The molecule has 1 aromatic heterocycles. The quantitative estimate of drug-likeness (QED) is 0.629. The van der Waals surface area contributed by atoms with Crippen LogP contribution >= 0.6 is 39.0 Å². The molecule has 0 aliphatic rings. The summed E-state index contributed by atoms with van der Waals surface area (Å²) < 4.78 is 3.75. The van der Waals surface area contributed by atoms with E-state index in [9.17, 15) is 0 Å². The summed E-state index contributed by atoms with van der Waals surface area (Å²) in [6, 6.07) is 6.01. The normalized spacial score (nSPS) is 10.9. The highest BCUT2D eigenvalue weighted by Crippen LogP contribution is 2.41. The first-order chi connectivity index (χ1) is 6.22. The van der Waals surface area contributed by atoms with E-state index in [0.717, 1.165) is 5.69 Å². The van der Waals surface area contributed by atoms with Gasteiger partial charge in [0.15, 0.2) is 0 Å². The van der Waals surface area contributed by atoms with Crippen molar-refractivity contribution in [3.63, 3.8) is 0 Å². The number of hydrogen-bond acceptors (Lipinski definition) is 3. The van der Waals surface area contributed by atoms with Gasteiger partial charge in [-0.3, -0.25) is 0 Å². The van der Waals surface area contributed by atoms with Gasteiger partial charge < -0.3 is 5.73 Å². The Morgan fingerprint density at radius 2 is 2.23 bits per heavy atom. The van der Waals surface area contributed by atoms with Crippen LogP contribution in [0.25, 0.3) is 10.1 Å². The largest absolute Gasteiger partial charge is 0.399 e. The van der Waals surface area contributed by atoms with Gasteiger partial charge in [-0.15, -0.1) is 23.1 Å². The molecule has 2 N–H and O–H groups in total. The van der Waals surface area contributed by atoms with E-state index in [1.165, 1.54) is 18.8 Å². The lowest BCUT2D eigenvalue weighted by Crippen LogP contribution is -1.80.